The maximum absolute atomic E-state index is 12.4. The SMILES string of the molecule is CCN(CC)c1ccc(CN[C@H]2C[C@@H](C(=O)NC)N(Cc3ccccc3)C2)cc1. The van der Waals surface area contributed by atoms with E-state index in [1.54, 1.807) is 7.05 Å². The summed E-state index contributed by atoms with van der Waals surface area (Å²) in [5.74, 6) is 0.105. The second kappa shape index (κ2) is 10.4. The Kier molecular flexibility index (Phi) is 7.67. The molecule has 5 heteroatoms. The van der Waals surface area contributed by atoms with E-state index >= 15 is 0 Å². The van der Waals surface area contributed by atoms with Gasteiger partial charge in [0.1, 0.15) is 0 Å². The van der Waals surface area contributed by atoms with Crippen molar-refractivity contribution in [2.75, 3.05) is 31.6 Å². The van der Waals surface area contributed by atoms with E-state index < -0.39 is 0 Å². The van der Waals surface area contributed by atoms with Crippen LogP contribution in [0.4, 0.5) is 5.69 Å². The van der Waals surface area contributed by atoms with Gasteiger partial charge >= 0.3 is 0 Å². The molecule has 0 aromatic heterocycles. The van der Waals surface area contributed by atoms with E-state index in [1.165, 1.54) is 16.8 Å². The Morgan fingerprint density at radius 2 is 1.72 bits per heavy atom. The maximum atomic E-state index is 12.4. The Bertz CT molecular complexity index is 758. The normalized spacial score (nSPS) is 19.3. The fraction of sp³-hybridized carbons (Fsp3) is 0.458. The van der Waals surface area contributed by atoms with Gasteiger partial charge in [-0.2, -0.15) is 0 Å². The van der Waals surface area contributed by atoms with Gasteiger partial charge in [-0.25, -0.2) is 0 Å². The number of carbonyl (C=O) groups excluding carboxylic acids is 1. The number of amides is 1. The van der Waals surface area contributed by atoms with Crippen LogP contribution in [0.1, 0.15) is 31.4 Å². The van der Waals surface area contributed by atoms with Crippen molar-refractivity contribution >= 4 is 11.6 Å². The summed E-state index contributed by atoms with van der Waals surface area (Å²) in [6.45, 7) is 8.91. The van der Waals surface area contributed by atoms with Gasteiger partial charge < -0.3 is 15.5 Å². The number of rotatable bonds is 9. The molecule has 0 radical (unpaired) electrons. The number of carbonyl (C=O) groups is 1. The fourth-order valence-electron chi connectivity index (χ4n) is 4.16. The van der Waals surface area contributed by atoms with Gasteiger partial charge in [-0.1, -0.05) is 42.5 Å². The van der Waals surface area contributed by atoms with E-state index in [4.69, 9.17) is 0 Å². The van der Waals surface area contributed by atoms with Gasteiger partial charge in [-0.05, 0) is 43.5 Å². The molecule has 0 aliphatic carbocycles. The van der Waals surface area contributed by atoms with Gasteiger partial charge in [0.05, 0.1) is 6.04 Å². The topological polar surface area (TPSA) is 47.6 Å². The molecule has 1 aliphatic rings. The third-order valence-corrected chi connectivity index (χ3v) is 5.84. The molecule has 0 bridgehead atoms. The molecule has 2 aromatic rings. The van der Waals surface area contributed by atoms with Crippen LogP contribution < -0.4 is 15.5 Å². The third kappa shape index (κ3) is 5.58. The van der Waals surface area contributed by atoms with Crippen LogP contribution in [0.25, 0.3) is 0 Å². The molecule has 0 spiro atoms. The fourth-order valence-corrected chi connectivity index (χ4v) is 4.16. The van der Waals surface area contributed by atoms with Gasteiger partial charge in [0, 0.05) is 51.5 Å². The van der Waals surface area contributed by atoms with Crippen LogP contribution in [0.15, 0.2) is 54.6 Å². The van der Waals surface area contributed by atoms with Crippen LogP contribution in [-0.4, -0.2) is 49.6 Å². The van der Waals surface area contributed by atoms with E-state index in [0.717, 1.165) is 39.1 Å². The molecule has 2 aromatic carbocycles. The van der Waals surface area contributed by atoms with Gasteiger partial charge in [-0.15, -0.1) is 0 Å². The Labute approximate surface area is 175 Å². The van der Waals surface area contributed by atoms with Crippen molar-refractivity contribution in [2.24, 2.45) is 0 Å². The summed E-state index contributed by atoms with van der Waals surface area (Å²) < 4.78 is 0. The van der Waals surface area contributed by atoms with Crippen molar-refractivity contribution in [3.8, 4) is 0 Å². The summed E-state index contributed by atoms with van der Waals surface area (Å²) in [4.78, 5) is 17.0. The lowest BCUT2D eigenvalue weighted by Crippen LogP contribution is -2.41. The number of hydrogen-bond donors (Lipinski definition) is 2. The molecule has 156 valence electrons. The lowest BCUT2D eigenvalue weighted by Gasteiger charge is -2.22. The van der Waals surface area contributed by atoms with Crippen molar-refractivity contribution in [2.45, 2.75) is 45.4 Å². The van der Waals surface area contributed by atoms with Crippen LogP contribution in [-0.2, 0) is 17.9 Å². The third-order valence-electron chi connectivity index (χ3n) is 5.84. The minimum absolute atomic E-state index is 0.0808. The number of anilines is 1. The number of likely N-dealkylation sites (tertiary alicyclic amines) is 1. The predicted molar refractivity (Wildman–Crippen MR) is 120 cm³/mol. The van der Waals surface area contributed by atoms with Crippen LogP contribution >= 0.6 is 0 Å². The van der Waals surface area contributed by atoms with E-state index in [1.807, 2.05) is 6.07 Å². The molecule has 1 saturated heterocycles. The standard InChI is InChI=1S/C24H34N4O/c1-4-27(5-2)22-13-11-19(12-14-22)16-26-21-15-23(24(29)25-3)28(18-21)17-20-9-7-6-8-10-20/h6-14,21,23,26H,4-5,15-18H2,1-3H3,(H,25,29)/t21-,23-/m0/s1. The molecule has 2 N–H and O–H groups in total. The predicted octanol–water partition coefficient (Wildman–Crippen LogP) is 3.01. The average molecular weight is 395 g/mol. The first-order valence-electron chi connectivity index (χ1n) is 10.7. The number of hydrogen-bond acceptors (Lipinski definition) is 4. The molecule has 5 nitrogen and oxygen atoms in total. The quantitative estimate of drug-likeness (QED) is 0.686. The molecule has 0 saturated carbocycles. The summed E-state index contributed by atoms with van der Waals surface area (Å²) >= 11 is 0. The van der Waals surface area contributed by atoms with Crippen LogP contribution in [0.2, 0.25) is 0 Å². The maximum Gasteiger partial charge on any atom is 0.237 e. The van der Waals surface area contributed by atoms with Crippen molar-refractivity contribution in [1.82, 2.24) is 15.5 Å². The highest BCUT2D eigenvalue weighted by Crippen LogP contribution is 2.22. The summed E-state index contributed by atoms with van der Waals surface area (Å²) in [5.41, 5.74) is 3.79. The molecular weight excluding hydrogens is 360 g/mol. The molecule has 1 fully saturated rings. The molecular formula is C24H34N4O. The number of likely N-dealkylation sites (N-methyl/N-ethyl adjacent to an activating group) is 1. The van der Waals surface area contributed by atoms with Crippen LogP contribution in [0.5, 0.6) is 0 Å². The monoisotopic (exact) mass is 394 g/mol. The Balaban J connectivity index is 1.59. The minimum atomic E-state index is -0.0808. The number of nitrogens with zero attached hydrogens (tertiary/aromatic N) is 2. The van der Waals surface area contributed by atoms with Gasteiger partial charge in [0.2, 0.25) is 5.91 Å². The van der Waals surface area contributed by atoms with Crippen molar-refractivity contribution in [1.29, 1.82) is 0 Å². The molecule has 29 heavy (non-hydrogen) atoms. The smallest absolute Gasteiger partial charge is 0.237 e. The van der Waals surface area contributed by atoms with E-state index in [-0.39, 0.29) is 11.9 Å². The highest BCUT2D eigenvalue weighted by molar-refractivity contribution is 5.81. The largest absolute Gasteiger partial charge is 0.372 e. The summed E-state index contributed by atoms with van der Waals surface area (Å²) in [7, 11) is 1.72. The first-order chi connectivity index (χ1) is 14.1. The second-order valence-electron chi connectivity index (χ2n) is 7.70. The Morgan fingerprint density at radius 1 is 1.03 bits per heavy atom. The molecule has 1 aliphatic heterocycles. The second-order valence-corrected chi connectivity index (χ2v) is 7.70. The zero-order valence-electron chi connectivity index (χ0n) is 17.9. The minimum Gasteiger partial charge on any atom is -0.372 e. The van der Waals surface area contributed by atoms with Crippen molar-refractivity contribution in [3.63, 3.8) is 0 Å². The highest BCUT2D eigenvalue weighted by atomic mass is 16.2. The lowest BCUT2D eigenvalue weighted by atomic mass is 10.1. The number of benzene rings is 2. The van der Waals surface area contributed by atoms with Crippen molar-refractivity contribution < 1.29 is 4.79 Å². The molecule has 3 rings (SSSR count). The molecule has 1 amide bonds. The number of nitrogens with one attached hydrogen (secondary N) is 2. The first-order valence-corrected chi connectivity index (χ1v) is 10.7. The Morgan fingerprint density at radius 3 is 2.34 bits per heavy atom. The van der Waals surface area contributed by atoms with Crippen LogP contribution in [0, 0.1) is 0 Å². The molecule has 1 heterocycles. The summed E-state index contributed by atoms with van der Waals surface area (Å²) in [5, 5.41) is 6.50. The highest BCUT2D eigenvalue weighted by Gasteiger charge is 2.35. The Hall–Kier alpha value is -2.37. The summed E-state index contributed by atoms with van der Waals surface area (Å²) in [6.07, 6.45) is 0.837. The van der Waals surface area contributed by atoms with E-state index in [9.17, 15) is 4.79 Å². The molecule has 0 unspecified atom stereocenters. The van der Waals surface area contributed by atoms with Gasteiger partial charge in [0.25, 0.3) is 0 Å². The van der Waals surface area contributed by atoms with Gasteiger partial charge in [0.15, 0.2) is 0 Å². The first kappa shape index (κ1) is 21.3. The average Bonchev–Trinajstić information content (AvgIpc) is 3.17. The zero-order chi connectivity index (χ0) is 20.6. The molecule has 2 atom stereocenters. The summed E-state index contributed by atoms with van der Waals surface area (Å²) in [6, 6.07) is 19.4. The van der Waals surface area contributed by atoms with Crippen LogP contribution in [0.3, 0.4) is 0 Å². The van der Waals surface area contributed by atoms with E-state index in [0.29, 0.717) is 6.04 Å². The zero-order valence-corrected chi connectivity index (χ0v) is 17.9. The van der Waals surface area contributed by atoms with Crippen molar-refractivity contribution in [3.05, 3.63) is 65.7 Å². The van der Waals surface area contributed by atoms with E-state index in [2.05, 4.69) is 82.8 Å². The lowest BCUT2D eigenvalue weighted by molar-refractivity contribution is -0.125. The van der Waals surface area contributed by atoms with Gasteiger partial charge in [-0.3, -0.25) is 9.69 Å².